The highest BCUT2D eigenvalue weighted by atomic mass is 127. The highest BCUT2D eigenvalue weighted by Crippen LogP contribution is 2.31. The number of carbonyl (C=O) groups is 1. The van der Waals surface area contributed by atoms with Gasteiger partial charge in [-0.1, -0.05) is 13.3 Å². The molecular weight excluding hydrogens is 355 g/mol. The zero-order valence-corrected chi connectivity index (χ0v) is 13.2. The van der Waals surface area contributed by atoms with Gasteiger partial charge in [-0.05, 0) is 72.4 Å². The molecule has 0 aromatic heterocycles. The second kappa shape index (κ2) is 6.59. The van der Waals surface area contributed by atoms with Crippen molar-refractivity contribution in [1.82, 2.24) is 0 Å². The van der Waals surface area contributed by atoms with E-state index >= 15 is 0 Å². The van der Waals surface area contributed by atoms with Gasteiger partial charge in [-0.25, -0.2) is 4.79 Å². The van der Waals surface area contributed by atoms with Gasteiger partial charge in [0.1, 0.15) is 5.75 Å². The fourth-order valence-electron chi connectivity index (χ4n) is 2.56. The zero-order chi connectivity index (χ0) is 13.8. The Bertz CT molecular complexity index is 451. The van der Waals surface area contributed by atoms with Crippen LogP contribution in [0, 0.1) is 9.49 Å². The van der Waals surface area contributed by atoms with E-state index < -0.39 is 5.97 Å². The van der Waals surface area contributed by atoms with Crippen molar-refractivity contribution in [3.8, 4) is 5.75 Å². The lowest BCUT2D eigenvalue weighted by Gasteiger charge is -2.28. The number of hydrogen-bond donors (Lipinski definition) is 1. The lowest BCUT2D eigenvalue weighted by molar-refractivity contribution is 0.0695. The van der Waals surface area contributed by atoms with E-state index in [2.05, 4.69) is 29.5 Å². The van der Waals surface area contributed by atoms with Gasteiger partial charge in [0.05, 0.1) is 15.2 Å². The summed E-state index contributed by atoms with van der Waals surface area (Å²) in [6, 6.07) is 5.05. The van der Waals surface area contributed by atoms with Crippen LogP contribution in [0.15, 0.2) is 18.2 Å². The molecule has 3 nitrogen and oxygen atoms in total. The molecule has 1 aromatic rings. The third-order valence-corrected chi connectivity index (χ3v) is 4.73. The van der Waals surface area contributed by atoms with Gasteiger partial charge in [-0.2, -0.15) is 0 Å². The molecule has 0 saturated heterocycles. The van der Waals surface area contributed by atoms with E-state index in [1.165, 1.54) is 19.3 Å². The molecular formula is C15H19IO3. The second-order valence-corrected chi connectivity index (χ2v) is 6.28. The van der Waals surface area contributed by atoms with E-state index in [-0.39, 0.29) is 11.7 Å². The molecule has 1 fully saturated rings. The summed E-state index contributed by atoms with van der Waals surface area (Å²) in [5, 5.41) is 9.01. The Labute approximate surface area is 127 Å². The largest absolute Gasteiger partial charge is 0.489 e. The molecule has 19 heavy (non-hydrogen) atoms. The minimum Gasteiger partial charge on any atom is -0.489 e. The maximum absolute atomic E-state index is 11.0. The smallest absolute Gasteiger partial charge is 0.335 e. The summed E-state index contributed by atoms with van der Waals surface area (Å²) < 4.78 is 6.97. The molecule has 1 aliphatic rings. The zero-order valence-electron chi connectivity index (χ0n) is 11.1. The summed E-state index contributed by atoms with van der Waals surface area (Å²) >= 11 is 2.19. The minimum absolute atomic E-state index is 0.236. The topological polar surface area (TPSA) is 46.5 Å². The molecule has 2 rings (SSSR count). The van der Waals surface area contributed by atoms with Crippen LogP contribution in [0.4, 0.5) is 0 Å². The lowest BCUT2D eigenvalue weighted by atomic mass is 9.86. The third kappa shape index (κ3) is 3.84. The van der Waals surface area contributed by atoms with Crippen molar-refractivity contribution in [2.75, 3.05) is 0 Å². The molecule has 0 bridgehead atoms. The monoisotopic (exact) mass is 374 g/mol. The fraction of sp³-hybridized carbons (Fsp3) is 0.533. The Kier molecular flexibility index (Phi) is 5.07. The van der Waals surface area contributed by atoms with E-state index in [1.807, 2.05) is 0 Å². The van der Waals surface area contributed by atoms with Crippen molar-refractivity contribution in [3.63, 3.8) is 0 Å². The van der Waals surface area contributed by atoms with Crippen LogP contribution in [0.3, 0.4) is 0 Å². The minimum atomic E-state index is -0.907. The van der Waals surface area contributed by atoms with E-state index in [0.29, 0.717) is 5.75 Å². The molecule has 0 heterocycles. The molecule has 1 aromatic carbocycles. The number of hydrogen-bond acceptors (Lipinski definition) is 2. The number of carboxylic acid groups (broad SMARTS) is 1. The molecule has 1 N–H and O–H groups in total. The molecule has 4 heteroatoms. The lowest BCUT2D eigenvalue weighted by Crippen LogP contribution is -2.24. The summed E-state index contributed by atoms with van der Waals surface area (Å²) in [5.41, 5.74) is 0.290. The Morgan fingerprint density at radius 2 is 2.05 bits per heavy atom. The van der Waals surface area contributed by atoms with Crippen molar-refractivity contribution >= 4 is 28.6 Å². The number of carboxylic acids is 1. The number of aromatic carboxylic acids is 1. The third-order valence-electron chi connectivity index (χ3n) is 3.84. The molecule has 0 aliphatic heterocycles. The Hall–Kier alpha value is -0.780. The second-order valence-electron chi connectivity index (χ2n) is 5.12. The summed E-state index contributed by atoms with van der Waals surface area (Å²) in [4.78, 5) is 11.0. The van der Waals surface area contributed by atoms with Crippen LogP contribution >= 0.6 is 22.6 Å². The predicted octanol–water partition coefficient (Wildman–Crippen LogP) is 4.34. The highest BCUT2D eigenvalue weighted by Gasteiger charge is 2.22. The predicted molar refractivity (Wildman–Crippen MR) is 82.8 cm³/mol. The van der Waals surface area contributed by atoms with Gasteiger partial charge in [0.15, 0.2) is 0 Å². The summed E-state index contributed by atoms with van der Waals surface area (Å²) in [6.07, 6.45) is 6.07. The summed E-state index contributed by atoms with van der Waals surface area (Å²) in [7, 11) is 0. The highest BCUT2D eigenvalue weighted by molar-refractivity contribution is 14.1. The van der Waals surface area contributed by atoms with E-state index in [0.717, 1.165) is 22.3 Å². The molecule has 1 saturated carbocycles. The first-order chi connectivity index (χ1) is 9.10. The standard InChI is InChI=1S/C15H19IO3/c1-2-10-3-6-12(7-4-10)19-14-9-11(15(17)18)5-8-13(14)16/h5,8-10,12H,2-4,6-7H2,1H3,(H,17,18). The van der Waals surface area contributed by atoms with E-state index in [9.17, 15) is 4.79 Å². The average molecular weight is 374 g/mol. The van der Waals surface area contributed by atoms with E-state index in [4.69, 9.17) is 9.84 Å². The first-order valence-electron chi connectivity index (χ1n) is 6.79. The van der Waals surface area contributed by atoms with Gasteiger partial charge >= 0.3 is 5.97 Å². The maximum Gasteiger partial charge on any atom is 0.335 e. The van der Waals surface area contributed by atoms with Crippen molar-refractivity contribution in [2.45, 2.75) is 45.1 Å². The van der Waals surface area contributed by atoms with Crippen molar-refractivity contribution < 1.29 is 14.6 Å². The van der Waals surface area contributed by atoms with Crippen LogP contribution in [-0.2, 0) is 0 Å². The van der Waals surface area contributed by atoms with Gasteiger partial charge in [0.25, 0.3) is 0 Å². The number of rotatable bonds is 4. The SMILES string of the molecule is CCC1CCC(Oc2cc(C(=O)O)ccc2I)CC1. The average Bonchev–Trinajstić information content (AvgIpc) is 2.42. The van der Waals surface area contributed by atoms with Crippen molar-refractivity contribution in [1.29, 1.82) is 0 Å². The van der Waals surface area contributed by atoms with Crippen molar-refractivity contribution in [3.05, 3.63) is 27.3 Å². The molecule has 0 unspecified atom stereocenters. The summed E-state index contributed by atoms with van der Waals surface area (Å²) in [5.74, 6) is 0.640. The van der Waals surface area contributed by atoms with Gasteiger partial charge < -0.3 is 9.84 Å². The van der Waals surface area contributed by atoms with Crippen LogP contribution in [0.2, 0.25) is 0 Å². The maximum atomic E-state index is 11.0. The van der Waals surface area contributed by atoms with Gasteiger partial charge in [0, 0.05) is 0 Å². The Morgan fingerprint density at radius 1 is 1.37 bits per heavy atom. The molecule has 0 spiro atoms. The van der Waals surface area contributed by atoms with Gasteiger partial charge in [0.2, 0.25) is 0 Å². The number of ether oxygens (including phenoxy) is 1. The Balaban J connectivity index is 2.03. The Morgan fingerprint density at radius 3 is 2.63 bits per heavy atom. The van der Waals surface area contributed by atoms with Crippen LogP contribution in [0.1, 0.15) is 49.4 Å². The van der Waals surface area contributed by atoms with Gasteiger partial charge in [-0.3, -0.25) is 0 Å². The van der Waals surface area contributed by atoms with Crippen LogP contribution < -0.4 is 4.74 Å². The molecule has 104 valence electrons. The number of benzene rings is 1. The number of halogens is 1. The van der Waals surface area contributed by atoms with Crippen molar-refractivity contribution in [2.24, 2.45) is 5.92 Å². The summed E-state index contributed by atoms with van der Waals surface area (Å²) in [6.45, 7) is 2.24. The molecule has 0 atom stereocenters. The molecule has 1 aliphatic carbocycles. The fourth-order valence-corrected chi connectivity index (χ4v) is 3.03. The van der Waals surface area contributed by atoms with Crippen LogP contribution in [0.5, 0.6) is 5.75 Å². The first kappa shape index (κ1) is 14.6. The first-order valence-corrected chi connectivity index (χ1v) is 7.87. The quantitative estimate of drug-likeness (QED) is 0.798. The molecule has 0 radical (unpaired) electrons. The van der Waals surface area contributed by atoms with E-state index in [1.54, 1.807) is 18.2 Å². The normalized spacial score (nSPS) is 23.1. The molecule has 0 amide bonds. The van der Waals surface area contributed by atoms with Crippen LogP contribution in [-0.4, -0.2) is 17.2 Å². The van der Waals surface area contributed by atoms with Crippen LogP contribution in [0.25, 0.3) is 0 Å². The van der Waals surface area contributed by atoms with Gasteiger partial charge in [-0.15, -0.1) is 0 Å².